The SMILES string of the molecule is CCNC(=NCc1ccc(SC)cc1)NCC1CN(CC(C)C)CCO1. The quantitative estimate of drug-likeness (QED) is 0.414. The Bertz CT molecular complexity index is 547. The molecule has 0 saturated carbocycles. The van der Waals surface area contributed by atoms with Crippen LogP contribution in [-0.4, -0.2) is 62.5 Å². The molecule has 6 heteroatoms. The van der Waals surface area contributed by atoms with Gasteiger partial charge in [-0.1, -0.05) is 26.0 Å². The Labute approximate surface area is 163 Å². The van der Waals surface area contributed by atoms with E-state index in [4.69, 9.17) is 9.73 Å². The maximum absolute atomic E-state index is 5.92. The first-order valence-electron chi connectivity index (χ1n) is 9.59. The number of morpholine rings is 1. The number of nitrogens with zero attached hydrogens (tertiary/aromatic N) is 2. The van der Waals surface area contributed by atoms with Crippen LogP contribution in [0, 0.1) is 5.92 Å². The summed E-state index contributed by atoms with van der Waals surface area (Å²) < 4.78 is 5.92. The third-order valence-corrected chi connectivity index (χ3v) is 5.01. The predicted molar refractivity (Wildman–Crippen MR) is 112 cm³/mol. The minimum absolute atomic E-state index is 0.215. The van der Waals surface area contributed by atoms with E-state index in [1.54, 1.807) is 11.8 Å². The molecule has 26 heavy (non-hydrogen) atoms. The molecule has 1 atom stereocenters. The largest absolute Gasteiger partial charge is 0.374 e. The summed E-state index contributed by atoms with van der Waals surface area (Å²) in [6, 6.07) is 8.59. The Morgan fingerprint density at radius 2 is 2.08 bits per heavy atom. The number of hydrogen-bond donors (Lipinski definition) is 2. The van der Waals surface area contributed by atoms with Gasteiger partial charge in [-0.15, -0.1) is 11.8 Å². The minimum Gasteiger partial charge on any atom is -0.374 e. The summed E-state index contributed by atoms with van der Waals surface area (Å²) in [6.07, 6.45) is 2.31. The third kappa shape index (κ3) is 7.56. The standard InChI is InChI=1S/C20H34N4OS/c1-5-21-20(22-12-17-6-8-19(26-4)9-7-17)23-13-18-15-24(10-11-25-18)14-16(2)3/h6-9,16,18H,5,10-15H2,1-4H3,(H2,21,22,23). The van der Waals surface area contributed by atoms with Gasteiger partial charge in [0.05, 0.1) is 19.3 Å². The molecule has 1 aromatic rings. The van der Waals surface area contributed by atoms with Gasteiger partial charge in [0.2, 0.25) is 0 Å². The van der Waals surface area contributed by atoms with Gasteiger partial charge in [0, 0.05) is 37.6 Å². The first kappa shape index (κ1) is 21.1. The Morgan fingerprint density at radius 3 is 2.73 bits per heavy atom. The lowest BCUT2D eigenvalue weighted by Gasteiger charge is -2.34. The van der Waals surface area contributed by atoms with Crippen LogP contribution in [0.5, 0.6) is 0 Å². The molecule has 1 aliphatic rings. The summed E-state index contributed by atoms with van der Waals surface area (Å²) in [4.78, 5) is 8.49. The van der Waals surface area contributed by atoms with Crippen molar-refractivity contribution in [1.29, 1.82) is 0 Å². The molecule has 1 heterocycles. The summed E-state index contributed by atoms with van der Waals surface area (Å²) in [6.45, 7) is 12.9. The highest BCUT2D eigenvalue weighted by Gasteiger charge is 2.21. The summed E-state index contributed by atoms with van der Waals surface area (Å²) in [5, 5.41) is 6.76. The van der Waals surface area contributed by atoms with Crippen LogP contribution in [0.3, 0.4) is 0 Å². The molecule has 0 spiro atoms. The van der Waals surface area contributed by atoms with E-state index >= 15 is 0 Å². The van der Waals surface area contributed by atoms with Crippen molar-refractivity contribution in [1.82, 2.24) is 15.5 Å². The number of ether oxygens (including phenoxy) is 1. The molecule has 146 valence electrons. The van der Waals surface area contributed by atoms with Gasteiger partial charge in [-0.2, -0.15) is 0 Å². The van der Waals surface area contributed by atoms with Gasteiger partial charge in [-0.3, -0.25) is 4.90 Å². The molecule has 1 aromatic carbocycles. The lowest BCUT2D eigenvalue weighted by atomic mass is 10.2. The van der Waals surface area contributed by atoms with Gasteiger partial charge in [-0.25, -0.2) is 4.99 Å². The average molecular weight is 379 g/mol. The second-order valence-electron chi connectivity index (χ2n) is 7.07. The van der Waals surface area contributed by atoms with Gasteiger partial charge in [-0.05, 0) is 36.8 Å². The Hall–Kier alpha value is -1.24. The van der Waals surface area contributed by atoms with Crippen LogP contribution in [0.4, 0.5) is 0 Å². The third-order valence-electron chi connectivity index (χ3n) is 4.27. The zero-order chi connectivity index (χ0) is 18.8. The van der Waals surface area contributed by atoms with Crippen LogP contribution in [-0.2, 0) is 11.3 Å². The second kappa shape index (κ2) is 11.5. The fourth-order valence-electron chi connectivity index (χ4n) is 3.04. The normalized spacial score (nSPS) is 19.0. The topological polar surface area (TPSA) is 48.9 Å². The Morgan fingerprint density at radius 1 is 1.31 bits per heavy atom. The van der Waals surface area contributed by atoms with E-state index in [9.17, 15) is 0 Å². The van der Waals surface area contributed by atoms with Crippen molar-refractivity contribution >= 4 is 17.7 Å². The lowest BCUT2D eigenvalue weighted by Crippen LogP contribution is -2.50. The molecule has 0 aliphatic carbocycles. The van der Waals surface area contributed by atoms with Crippen molar-refractivity contribution in [2.24, 2.45) is 10.9 Å². The van der Waals surface area contributed by atoms with Gasteiger partial charge in [0.15, 0.2) is 5.96 Å². The van der Waals surface area contributed by atoms with Crippen LogP contribution in [0.1, 0.15) is 26.3 Å². The molecular formula is C20H34N4OS. The van der Waals surface area contributed by atoms with Crippen molar-refractivity contribution in [3.05, 3.63) is 29.8 Å². The van der Waals surface area contributed by atoms with Gasteiger partial charge in [0.1, 0.15) is 0 Å². The Kier molecular flexibility index (Phi) is 9.29. The van der Waals surface area contributed by atoms with E-state index in [0.717, 1.165) is 45.3 Å². The highest BCUT2D eigenvalue weighted by atomic mass is 32.2. The molecule has 5 nitrogen and oxygen atoms in total. The van der Waals surface area contributed by atoms with Gasteiger partial charge >= 0.3 is 0 Å². The minimum atomic E-state index is 0.215. The molecule has 1 fully saturated rings. The fourth-order valence-corrected chi connectivity index (χ4v) is 3.45. The molecule has 1 saturated heterocycles. The number of aliphatic imine (C=N–C) groups is 1. The summed E-state index contributed by atoms with van der Waals surface area (Å²) in [5.74, 6) is 1.55. The van der Waals surface area contributed by atoms with Crippen molar-refractivity contribution in [2.45, 2.75) is 38.3 Å². The summed E-state index contributed by atoms with van der Waals surface area (Å²) in [7, 11) is 0. The Balaban J connectivity index is 1.84. The van der Waals surface area contributed by atoms with Crippen LogP contribution in [0.25, 0.3) is 0 Å². The number of guanidine groups is 1. The fraction of sp³-hybridized carbons (Fsp3) is 0.650. The van der Waals surface area contributed by atoms with E-state index in [-0.39, 0.29) is 6.10 Å². The van der Waals surface area contributed by atoms with Crippen LogP contribution < -0.4 is 10.6 Å². The van der Waals surface area contributed by atoms with Crippen LogP contribution >= 0.6 is 11.8 Å². The van der Waals surface area contributed by atoms with E-state index in [1.807, 2.05) is 0 Å². The van der Waals surface area contributed by atoms with E-state index in [2.05, 4.69) is 66.8 Å². The van der Waals surface area contributed by atoms with Crippen LogP contribution in [0.15, 0.2) is 34.2 Å². The summed E-state index contributed by atoms with van der Waals surface area (Å²) in [5.41, 5.74) is 1.22. The molecule has 2 rings (SSSR count). The zero-order valence-electron chi connectivity index (χ0n) is 16.6. The average Bonchev–Trinajstić information content (AvgIpc) is 2.64. The zero-order valence-corrected chi connectivity index (χ0v) is 17.4. The molecule has 0 radical (unpaired) electrons. The maximum Gasteiger partial charge on any atom is 0.191 e. The van der Waals surface area contributed by atoms with Crippen LogP contribution in [0.2, 0.25) is 0 Å². The highest BCUT2D eigenvalue weighted by molar-refractivity contribution is 7.98. The number of thioether (sulfide) groups is 1. The van der Waals surface area contributed by atoms with Crippen molar-refractivity contribution in [3.63, 3.8) is 0 Å². The first-order chi connectivity index (χ1) is 12.6. The first-order valence-corrected chi connectivity index (χ1v) is 10.8. The maximum atomic E-state index is 5.92. The molecule has 1 aliphatic heterocycles. The van der Waals surface area contributed by atoms with E-state index in [1.165, 1.54) is 10.5 Å². The monoisotopic (exact) mass is 378 g/mol. The second-order valence-corrected chi connectivity index (χ2v) is 7.95. The molecule has 2 N–H and O–H groups in total. The molecule has 0 bridgehead atoms. The number of hydrogen-bond acceptors (Lipinski definition) is 4. The molecule has 0 amide bonds. The smallest absolute Gasteiger partial charge is 0.191 e. The predicted octanol–water partition coefficient (Wildman–Crippen LogP) is 2.82. The van der Waals surface area contributed by atoms with E-state index in [0.29, 0.717) is 12.5 Å². The molecular weight excluding hydrogens is 344 g/mol. The van der Waals surface area contributed by atoms with E-state index < -0.39 is 0 Å². The van der Waals surface area contributed by atoms with Crippen molar-refractivity contribution in [2.75, 3.05) is 45.6 Å². The molecule has 0 aromatic heterocycles. The number of nitrogens with one attached hydrogen (secondary N) is 2. The highest BCUT2D eigenvalue weighted by Crippen LogP contribution is 2.15. The summed E-state index contributed by atoms with van der Waals surface area (Å²) >= 11 is 1.76. The van der Waals surface area contributed by atoms with Gasteiger partial charge in [0.25, 0.3) is 0 Å². The number of benzene rings is 1. The van der Waals surface area contributed by atoms with Gasteiger partial charge < -0.3 is 15.4 Å². The van der Waals surface area contributed by atoms with Crippen molar-refractivity contribution in [3.8, 4) is 0 Å². The van der Waals surface area contributed by atoms with Crippen molar-refractivity contribution < 1.29 is 4.74 Å². The number of rotatable bonds is 8. The molecule has 1 unspecified atom stereocenters. The lowest BCUT2D eigenvalue weighted by molar-refractivity contribution is -0.0284.